The van der Waals surface area contributed by atoms with Gasteiger partial charge in [0.2, 0.25) is 5.91 Å². The van der Waals surface area contributed by atoms with Crippen molar-refractivity contribution in [2.24, 2.45) is 17.1 Å². The molecule has 0 heterocycles. The number of carbonyl (C=O) groups is 1. The third-order valence-electron chi connectivity index (χ3n) is 4.75. The minimum Gasteiger partial charge on any atom is -0.326 e. The van der Waals surface area contributed by atoms with Crippen molar-refractivity contribution >= 4 is 11.6 Å². The zero-order valence-electron chi connectivity index (χ0n) is 13.6. The Morgan fingerprint density at radius 1 is 1.33 bits per heavy atom. The van der Waals surface area contributed by atoms with Crippen LogP contribution in [-0.4, -0.2) is 12.5 Å². The van der Waals surface area contributed by atoms with Gasteiger partial charge in [-0.25, -0.2) is 0 Å². The summed E-state index contributed by atoms with van der Waals surface area (Å²) in [5, 5.41) is 0. The first-order valence-corrected chi connectivity index (χ1v) is 8.10. The van der Waals surface area contributed by atoms with Crippen molar-refractivity contribution in [3.63, 3.8) is 0 Å². The average molecular weight is 288 g/mol. The number of nitrogens with two attached hydrogens (primary N) is 1. The first kappa shape index (κ1) is 16.0. The van der Waals surface area contributed by atoms with Gasteiger partial charge in [0.25, 0.3) is 0 Å². The van der Waals surface area contributed by atoms with E-state index in [9.17, 15) is 4.79 Å². The smallest absolute Gasteiger partial charge is 0.230 e. The lowest BCUT2D eigenvalue weighted by Crippen LogP contribution is -2.40. The number of benzene rings is 1. The molecular weight excluding hydrogens is 260 g/mol. The molecule has 1 unspecified atom stereocenters. The number of hydrogen-bond donors (Lipinski definition) is 1. The Morgan fingerprint density at radius 2 is 2.00 bits per heavy atom. The number of anilines is 1. The van der Waals surface area contributed by atoms with Crippen LogP contribution >= 0.6 is 0 Å². The molecule has 0 spiro atoms. The zero-order valence-corrected chi connectivity index (χ0v) is 13.6. The van der Waals surface area contributed by atoms with Crippen LogP contribution in [-0.2, 0) is 11.3 Å². The Hall–Kier alpha value is -1.35. The van der Waals surface area contributed by atoms with Gasteiger partial charge in [-0.05, 0) is 42.4 Å². The van der Waals surface area contributed by atoms with Gasteiger partial charge >= 0.3 is 0 Å². The molecule has 0 saturated heterocycles. The lowest BCUT2D eigenvalue weighted by atomic mass is 9.81. The van der Waals surface area contributed by atoms with Crippen LogP contribution in [0.4, 0.5) is 5.69 Å². The van der Waals surface area contributed by atoms with Gasteiger partial charge in [-0.1, -0.05) is 39.3 Å². The van der Waals surface area contributed by atoms with Gasteiger partial charge in [0.15, 0.2) is 0 Å². The molecule has 0 aromatic heterocycles. The van der Waals surface area contributed by atoms with Crippen molar-refractivity contribution in [1.29, 1.82) is 0 Å². The Balaban J connectivity index is 2.23. The molecule has 2 rings (SSSR count). The highest BCUT2D eigenvalue weighted by molar-refractivity contribution is 5.95. The molecule has 1 aliphatic rings. The van der Waals surface area contributed by atoms with Crippen LogP contribution in [0.25, 0.3) is 0 Å². The number of hydrogen-bond acceptors (Lipinski definition) is 2. The van der Waals surface area contributed by atoms with Gasteiger partial charge in [-0.15, -0.1) is 0 Å². The first-order chi connectivity index (χ1) is 9.99. The minimum atomic E-state index is 0.125. The summed E-state index contributed by atoms with van der Waals surface area (Å²) < 4.78 is 0. The van der Waals surface area contributed by atoms with Crippen LogP contribution in [0.2, 0.25) is 0 Å². The van der Waals surface area contributed by atoms with Gasteiger partial charge in [0.1, 0.15) is 0 Å². The molecule has 1 amide bonds. The Bertz CT molecular complexity index is 478. The lowest BCUT2D eigenvalue weighted by molar-refractivity contribution is -0.124. The molecule has 3 nitrogen and oxygen atoms in total. The van der Waals surface area contributed by atoms with E-state index in [1.807, 2.05) is 29.2 Å². The maximum Gasteiger partial charge on any atom is 0.230 e. The third-order valence-corrected chi connectivity index (χ3v) is 4.75. The Labute approximate surface area is 128 Å². The number of nitrogens with zero attached hydrogens (tertiary/aromatic N) is 1. The molecule has 1 fully saturated rings. The van der Waals surface area contributed by atoms with Crippen LogP contribution in [0.15, 0.2) is 24.3 Å². The highest BCUT2D eigenvalue weighted by Crippen LogP contribution is 2.43. The molecule has 1 aliphatic carbocycles. The van der Waals surface area contributed by atoms with E-state index in [-0.39, 0.29) is 11.3 Å². The van der Waals surface area contributed by atoms with Crippen molar-refractivity contribution in [3.05, 3.63) is 29.8 Å². The summed E-state index contributed by atoms with van der Waals surface area (Å²) in [4.78, 5) is 15.0. The molecular formula is C18H28N2O. The van der Waals surface area contributed by atoms with Crippen LogP contribution < -0.4 is 10.6 Å². The Morgan fingerprint density at radius 3 is 2.48 bits per heavy atom. The molecule has 1 aromatic carbocycles. The van der Waals surface area contributed by atoms with Gasteiger partial charge in [-0.2, -0.15) is 0 Å². The molecule has 21 heavy (non-hydrogen) atoms. The fourth-order valence-corrected chi connectivity index (χ4v) is 3.37. The summed E-state index contributed by atoms with van der Waals surface area (Å²) in [6.07, 6.45) is 4.30. The first-order valence-electron chi connectivity index (χ1n) is 8.10. The summed E-state index contributed by atoms with van der Waals surface area (Å²) in [7, 11) is 0. The highest BCUT2D eigenvalue weighted by atomic mass is 16.2. The van der Waals surface area contributed by atoms with Crippen LogP contribution in [0.3, 0.4) is 0 Å². The minimum absolute atomic E-state index is 0.125. The standard InChI is InChI=1S/C18H28N2O/c1-4-12-20(15-9-7-14(13-19)8-10-15)17(21)16-6-5-11-18(16,2)3/h7-10,16H,4-6,11-13,19H2,1-3H3. The van der Waals surface area contributed by atoms with Crippen molar-refractivity contribution in [1.82, 2.24) is 0 Å². The van der Waals surface area contributed by atoms with E-state index in [4.69, 9.17) is 5.73 Å². The summed E-state index contributed by atoms with van der Waals surface area (Å²) >= 11 is 0. The van der Waals surface area contributed by atoms with E-state index in [0.717, 1.165) is 43.5 Å². The second-order valence-electron chi connectivity index (χ2n) is 6.79. The predicted molar refractivity (Wildman–Crippen MR) is 88.1 cm³/mol. The summed E-state index contributed by atoms with van der Waals surface area (Å²) in [5.41, 5.74) is 7.88. The SMILES string of the molecule is CCCN(C(=O)C1CCCC1(C)C)c1ccc(CN)cc1. The van der Waals surface area contributed by atoms with Crippen molar-refractivity contribution in [2.45, 2.75) is 53.0 Å². The molecule has 116 valence electrons. The molecule has 2 N–H and O–H groups in total. The maximum absolute atomic E-state index is 13.0. The van der Waals surface area contributed by atoms with Gasteiger partial charge in [-0.3, -0.25) is 4.79 Å². The molecule has 1 aromatic rings. The fourth-order valence-electron chi connectivity index (χ4n) is 3.37. The summed E-state index contributed by atoms with van der Waals surface area (Å²) in [6.45, 7) is 7.90. The van der Waals surface area contributed by atoms with E-state index in [2.05, 4.69) is 20.8 Å². The van der Waals surface area contributed by atoms with Gasteiger partial charge in [0.05, 0.1) is 0 Å². The number of amides is 1. The fraction of sp³-hybridized carbons (Fsp3) is 0.611. The van der Waals surface area contributed by atoms with Crippen molar-refractivity contribution in [2.75, 3.05) is 11.4 Å². The van der Waals surface area contributed by atoms with E-state index < -0.39 is 0 Å². The van der Waals surface area contributed by atoms with Crippen LogP contribution in [0.1, 0.15) is 52.0 Å². The van der Waals surface area contributed by atoms with E-state index in [0.29, 0.717) is 12.5 Å². The second kappa shape index (κ2) is 6.61. The van der Waals surface area contributed by atoms with E-state index in [1.54, 1.807) is 0 Å². The average Bonchev–Trinajstić information content (AvgIpc) is 2.84. The monoisotopic (exact) mass is 288 g/mol. The predicted octanol–water partition coefficient (Wildman–Crippen LogP) is 3.71. The van der Waals surface area contributed by atoms with Crippen LogP contribution in [0.5, 0.6) is 0 Å². The maximum atomic E-state index is 13.0. The molecule has 3 heteroatoms. The van der Waals surface area contributed by atoms with E-state index in [1.165, 1.54) is 0 Å². The van der Waals surface area contributed by atoms with E-state index >= 15 is 0 Å². The molecule has 0 bridgehead atoms. The summed E-state index contributed by atoms with van der Waals surface area (Å²) in [6, 6.07) is 8.09. The number of carbonyl (C=O) groups excluding carboxylic acids is 1. The topological polar surface area (TPSA) is 46.3 Å². The molecule has 1 atom stereocenters. The molecule has 0 radical (unpaired) electrons. The lowest BCUT2D eigenvalue weighted by Gasteiger charge is -2.32. The van der Waals surface area contributed by atoms with Crippen molar-refractivity contribution < 1.29 is 4.79 Å². The molecule has 0 aliphatic heterocycles. The molecule has 1 saturated carbocycles. The normalized spacial score (nSPS) is 20.5. The highest BCUT2D eigenvalue weighted by Gasteiger charge is 2.41. The summed E-state index contributed by atoms with van der Waals surface area (Å²) in [5.74, 6) is 0.443. The second-order valence-corrected chi connectivity index (χ2v) is 6.79. The van der Waals surface area contributed by atoms with Gasteiger partial charge in [0, 0.05) is 24.7 Å². The van der Waals surface area contributed by atoms with Crippen molar-refractivity contribution in [3.8, 4) is 0 Å². The third kappa shape index (κ3) is 3.46. The van der Waals surface area contributed by atoms with Gasteiger partial charge < -0.3 is 10.6 Å². The largest absolute Gasteiger partial charge is 0.326 e. The quantitative estimate of drug-likeness (QED) is 0.897. The Kier molecular flexibility index (Phi) is 5.04. The number of rotatable bonds is 5. The van der Waals surface area contributed by atoms with Crippen LogP contribution in [0, 0.1) is 11.3 Å². The zero-order chi connectivity index (χ0) is 15.5.